The molecule has 0 saturated heterocycles. The van der Waals surface area contributed by atoms with E-state index in [2.05, 4.69) is 11.9 Å². The molecule has 0 aromatic heterocycles. The Hall–Kier alpha value is -1.60. The van der Waals surface area contributed by atoms with Gasteiger partial charge in [0.2, 0.25) is 0 Å². The van der Waals surface area contributed by atoms with Gasteiger partial charge in [-0.05, 0) is 40.0 Å². The molecule has 0 atom stereocenters. The van der Waals surface area contributed by atoms with E-state index in [0.717, 1.165) is 37.7 Å². The number of rotatable bonds is 21. The lowest BCUT2D eigenvalue weighted by molar-refractivity contribution is -0.286. The van der Waals surface area contributed by atoms with Gasteiger partial charge in [0.05, 0.1) is 25.2 Å². The zero-order chi connectivity index (χ0) is 24.1. The number of nitrogens with one attached hydrogen (secondary N) is 1. The van der Waals surface area contributed by atoms with E-state index in [0.29, 0.717) is 26.4 Å². The molecule has 32 heavy (non-hydrogen) atoms. The van der Waals surface area contributed by atoms with E-state index in [9.17, 15) is 9.59 Å². The fraction of sp³-hybridized carbons (Fsp3) is 0.840. The maximum Gasteiger partial charge on any atom is 0.407 e. The molecule has 0 heterocycles. The Balaban J connectivity index is 3.28. The van der Waals surface area contributed by atoms with Crippen LogP contribution in [-0.2, 0) is 24.0 Å². The highest BCUT2D eigenvalue weighted by Crippen LogP contribution is 2.21. The molecule has 0 bridgehead atoms. The van der Waals surface area contributed by atoms with E-state index < -0.39 is 6.09 Å². The standard InChI is InChI=1S/C25H47NO6/c1-6-25(4,5)23(27)29-18-15-13-11-9-7-8-10-12-14-16-19-30-24(28)26-17-20-31-32-21-22(2)3/h2,6-21H2,1,3-5H3,(H,26,28). The molecule has 1 N–H and O–H groups in total. The van der Waals surface area contributed by atoms with Crippen molar-refractivity contribution in [2.45, 2.75) is 98.3 Å². The Labute approximate surface area is 195 Å². The third-order valence-corrected chi connectivity index (χ3v) is 5.28. The molecule has 7 heteroatoms. The van der Waals surface area contributed by atoms with E-state index >= 15 is 0 Å². The smallest absolute Gasteiger partial charge is 0.407 e. The minimum absolute atomic E-state index is 0.0827. The van der Waals surface area contributed by atoms with Crippen LogP contribution in [0, 0.1) is 5.41 Å². The van der Waals surface area contributed by atoms with E-state index in [1.807, 2.05) is 27.7 Å². The summed E-state index contributed by atoms with van der Waals surface area (Å²) < 4.78 is 10.5. The molecule has 0 unspecified atom stereocenters. The second-order valence-corrected chi connectivity index (χ2v) is 9.01. The number of alkyl carbamates (subject to hydrolysis) is 1. The Kier molecular flexibility index (Phi) is 19.0. The second-order valence-electron chi connectivity index (χ2n) is 9.01. The molecule has 0 rings (SSSR count). The monoisotopic (exact) mass is 457 g/mol. The summed E-state index contributed by atoms with van der Waals surface area (Å²) in [5, 5.41) is 2.62. The zero-order valence-electron chi connectivity index (χ0n) is 21.0. The van der Waals surface area contributed by atoms with Crippen molar-refractivity contribution in [1.29, 1.82) is 0 Å². The van der Waals surface area contributed by atoms with Crippen molar-refractivity contribution in [3.63, 3.8) is 0 Å². The number of unbranched alkanes of at least 4 members (excludes halogenated alkanes) is 9. The maximum absolute atomic E-state index is 11.9. The average molecular weight is 458 g/mol. The van der Waals surface area contributed by atoms with Gasteiger partial charge in [-0.25, -0.2) is 14.6 Å². The van der Waals surface area contributed by atoms with Crippen molar-refractivity contribution in [2.24, 2.45) is 5.41 Å². The second kappa shape index (κ2) is 20.0. The molecule has 0 aliphatic heterocycles. The van der Waals surface area contributed by atoms with Gasteiger partial charge in [0.1, 0.15) is 6.61 Å². The van der Waals surface area contributed by atoms with E-state index in [1.165, 1.54) is 38.5 Å². The van der Waals surface area contributed by atoms with Crippen molar-refractivity contribution >= 4 is 12.1 Å². The number of hydrogen-bond acceptors (Lipinski definition) is 6. The molecule has 1 amide bonds. The van der Waals surface area contributed by atoms with Gasteiger partial charge in [-0.2, -0.15) is 0 Å². The first-order valence-corrected chi connectivity index (χ1v) is 12.3. The summed E-state index contributed by atoms with van der Waals surface area (Å²) in [6.45, 7) is 13.4. The van der Waals surface area contributed by atoms with Crippen molar-refractivity contribution in [3.05, 3.63) is 12.2 Å². The Morgan fingerprint density at radius 3 is 1.78 bits per heavy atom. The van der Waals surface area contributed by atoms with E-state index in [1.54, 1.807) is 0 Å². The number of esters is 1. The topological polar surface area (TPSA) is 83.1 Å². The van der Waals surface area contributed by atoms with Gasteiger partial charge in [-0.3, -0.25) is 4.79 Å². The van der Waals surface area contributed by atoms with Crippen LogP contribution in [0.5, 0.6) is 0 Å². The Morgan fingerprint density at radius 1 is 0.781 bits per heavy atom. The van der Waals surface area contributed by atoms with E-state index in [-0.39, 0.29) is 18.0 Å². The molecular weight excluding hydrogens is 410 g/mol. The SMILES string of the molecule is C=C(C)COOCCNC(=O)OCCCCCCCCCCCCOC(=O)C(C)(C)CC. The highest BCUT2D eigenvalue weighted by Gasteiger charge is 2.26. The number of carbonyl (C=O) groups is 2. The largest absolute Gasteiger partial charge is 0.465 e. The van der Waals surface area contributed by atoms with Crippen LogP contribution < -0.4 is 5.32 Å². The number of ether oxygens (including phenoxy) is 2. The van der Waals surface area contributed by atoms with Crippen molar-refractivity contribution in [2.75, 3.05) is 33.0 Å². The first-order valence-electron chi connectivity index (χ1n) is 12.3. The summed E-state index contributed by atoms with van der Waals surface area (Å²) in [5.74, 6) is -0.0827. The first kappa shape index (κ1) is 30.4. The highest BCUT2D eigenvalue weighted by molar-refractivity contribution is 5.75. The van der Waals surface area contributed by atoms with Gasteiger partial charge in [0, 0.05) is 6.54 Å². The minimum atomic E-state index is -0.419. The fourth-order valence-corrected chi connectivity index (χ4v) is 2.73. The molecular formula is C25H47NO6. The van der Waals surface area contributed by atoms with E-state index in [4.69, 9.17) is 19.2 Å². The van der Waals surface area contributed by atoms with Crippen LogP contribution >= 0.6 is 0 Å². The summed E-state index contributed by atoms with van der Waals surface area (Å²) >= 11 is 0. The lowest BCUT2D eigenvalue weighted by Crippen LogP contribution is -2.28. The normalized spacial score (nSPS) is 11.2. The lowest BCUT2D eigenvalue weighted by atomic mass is 9.91. The van der Waals surface area contributed by atoms with Gasteiger partial charge < -0.3 is 14.8 Å². The van der Waals surface area contributed by atoms with Crippen molar-refractivity contribution < 1.29 is 28.8 Å². The summed E-state index contributed by atoms with van der Waals surface area (Å²) in [5.41, 5.74) is 0.509. The molecule has 0 radical (unpaired) electrons. The lowest BCUT2D eigenvalue weighted by Gasteiger charge is -2.20. The maximum atomic E-state index is 11.9. The van der Waals surface area contributed by atoms with Gasteiger partial charge in [-0.1, -0.05) is 70.4 Å². The molecule has 0 saturated carbocycles. The summed E-state index contributed by atoms with van der Waals surface area (Å²) in [4.78, 5) is 33.1. The Bertz CT molecular complexity index is 507. The predicted octanol–water partition coefficient (Wildman–Crippen LogP) is 6.12. The summed E-state index contributed by atoms with van der Waals surface area (Å²) in [6.07, 6.45) is 11.7. The average Bonchev–Trinajstić information content (AvgIpc) is 2.75. The number of carbonyl (C=O) groups excluding carboxylic acids is 2. The number of amides is 1. The molecule has 7 nitrogen and oxygen atoms in total. The molecule has 0 aliphatic carbocycles. The third-order valence-electron chi connectivity index (χ3n) is 5.28. The molecule has 188 valence electrons. The van der Waals surface area contributed by atoms with Gasteiger partial charge >= 0.3 is 12.1 Å². The fourth-order valence-electron chi connectivity index (χ4n) is 2.73. The quantitative estimate of drug-likeness (QED) is 0.0735. The van der Waals surface area contributed by atoms with Crippen LogP contribution in [0.1, 0.15) is 98.3 Å². The van der Waals surface area contributed by atoms with Crippen LogP contribution in [0.3, 0.4) is 0 Å². The van der Waals surface area contributed by atoms with Gasteiger partial charge in [0.15, 0.2) is 0 Å². The van der Waals surface area contributed by atoms with Gasteiger partial charge in [0.25, 0.3) is 0 Å². The molecule has 0 aromatic rings. The zero-order valence-corrected chi connectivity index (χ0v) is 21.0. The van der Waals surface area contributed by atoms with Crippen LogP contribution in [0.2, 0.25) is 0 Å². The third kappa shape index (κ3) is 19.1. The number of hydrogen-bond donors (Lipinski definition) is 1. The molecule has 0 fully saturated rings. The minimum Gasteiger partial charge on any atom is -0.465 e. The van der Waals surface area contributed by atoms with Crippen molar-refractivity contribution in [3.8, 4) is 0 Å². The summed E-state index contributed by atoms with van der Waals surface area (Å²) in [7, 11) is 0. The molecule has 0 aliphatic rings. The van der Waals surface area contributed by atoms with Crippen LogP contribution in [-0.4, -0.2) is 45.0 Å². The summed E-state index contributed by atoms with van der Waals surface area (Å²) in [6, 6.07) is 0. The first-order chi connectivity index (χ1) is 15.3. The van der Waals surface area contributed by atoms with Crippen LogP contribution in [0.15, 0.2) is 12.2 Å². The Morgan fingerprint density at radius 2 is 1.28 bits per heavy atom. The van der Waals surface area contributed by atoms with Crippen molar-refractivity contribution in [1.82, 2.24) is 5.32 Å². The molecule has 0 aromatic carbocycles. The highest BCUT2D eigenvalue weighted by atomic mass is 17.2. The van der Waals surface area contributed by atoms with Crippen LogP contribution in [0.25, 0.3) is 0 Å². The molecule has 0 spiro atoms. The predicted molar refractivity (Wildman–Crippen MR) is 127 cm³/mol. The van der Waals surface area contributed by atoms with Crippen LogP contribution in [0.4, 0.5) is 4.79 Å². The van der Waals surface area contributed by atoms with Gasteiger partial charge in [-0.15, -0.1) is 0 Å².